The van der Waals surface area contributed by atoms with Gasteiger partial charge in [-0.1, -0.05) is 41.5 Å². The average Bonchev–Trinajstić information content (AvgIpc) is 2.83. The predicted octanol–water partition coefficient (Wildman–Crippen LogP) is 6.16. The minimum atomic E-state index is -2.24. The molecule has 37 heavy (non-hydrogen) atoms. The van der Waals surface area contributed by atoms with Gasteiger partial charge in [0.25, 0.3) is 8.32 Å². The van der Waals surface area contributed by atoms with Crippen LogP contribution < -0.4 is 14.5 Å². The summed E-state index contributed by atoms with van der Waals surface area (Å²) in [5, 5.41) is 25.8. The van der Waals surface area contributed by atoms with Crippen LogP contribution in [-0.4, -0.2) is 43.2 Å². The Balaban J connectivity index is 1.78. The zero-order valence-corrected chi connectivity index (χ0v) is 24.6. The molecule has 1 aromatic carbocycles. The molecule has 0 bridgehead atoms. The van der Waals surface area contributed by atoms with Crippen molar-refractivity contribution in [1.82, 2.24) is 10.3 Å². The lowest BCUT2D eigenvalue weighted by Crippen LogP contribution is -2.50. The summed E-state index contributed by atoms with van der Waals surface area (Å²) in [4.78, 5) is 4.23. The van der Waals surface area contributed by atoms with Crippen molar-refractivity contribution in [2.75, 3.05) is 13.7 Å². The summed E-state index contributed by atoms with van der Waals surface area (Å²) in [6, 6.07) is 6.54. The third-order valence-electron chi connectivity index (χ3n) is 8.19. The number of nitrogens with zero attached hydrogens (tertiary/aromatic N) is 1. The zero-order valence-electron chi connectivity index (χ0n) is 23.6. The molecule has 3 N–H and O–H groups in total. The van der Waals surface area contributed by atoms with Gasteiger partial charge in [-0.05, 0) is 67.1 Å². The third kappa shape index (κ3) is 6.19. The number of aliphatic hydroxyl groups is 2. The maximum Gasteiger partial charge on any atom is 0.258 e. The van der Waals surface area contributed by atoms with Gasteiger partial charge >= 0.3 is 0 Å². The number of aromatic nitrogens is 1. The fourth-order valence-corrected chi connectivity index (χ4v) is 11.6. The summed E-state index contributed by atoms with van der Waals surface area (Å²) in [7, 11) is -0.686. The number of benzene rings is 1. The van der Waals surface area contributed by atoms with Crippen LogP contribution in [0.25, 0.3) is 0 Å². The van der Waals surface area contributed by atoms with Crippen molar-refractivity contribution >= 4 is 8.32 Å². The molecule has 0 aliphatic carbocycles. The number of hydrogen-bond acceptors (Lipinski definition) is 6. The van der Waals surface area contributed by atoms with E-state index in [1.54, 1.807) is 25.4 Å². The van der Waals surface area contributed by atoms with Gasteiger partial charge in [0.2, 0.25) is 5.88 Å². The molecule has 6 nitrogen and oxygen atoms in total. The molecular formula is C29H45FN2O4Si. The van der Waals surface area contributed by atoms with E-state index in [0.717, 1.165) is 5.56 Å². The molecule has 2 heterocycles. The Kier molecular flexibility index (Phi) is 9.43. The van der Waals surface area contributed by atoms with Crippen LogP contribution in [0.4, 0.5) is 4.39 Å². The monoisotopic (exact) mass is 532 g/mol. The number of pyridine rings is 1. The molecule has 1 aliphatic heterocycles. The molecule has 0 spiro atoms. The van der Waals surface area contributed by atoms with E-state index in [2.05, 4.69) is 51.8 Å². The molecular weight excluding hydrogens is 487 g/mol. The summed E-state index contributed by atoms with van der Waals surface area (Å²) >= 11 is 0. The number of piperidine rings is 1. The van der Waals surface area contributed by atoms with Crippen molar-refractivity contribution in [3.8, 4) is 11.6 Å². The van der Waals surface area contributed by atoms with Crippen molar-refractivity contribution in [2.45, 2.75) is 102 Å². The van der Waals surface area contributed by atoms with Crippen LogP contribution in [0.5, 0.6) is 11.6 Å². The second-order valence-corrected chi connectivity index (χ2v) is 16.9. The molecule has 0 radical (unpaired) electrons. The number of rotatable bonds is 10. The van der Waals surface area contributed by atoms with Crippen LogP contribution in [0.15, 0.2) is 30.5 Å². The van der Waals surface area contributed by atoms with Crippen LogP contribution in [0.2, 0.25) is 16.6 Å². The van der Waals surface area contributed by atoms with Gasteiger partial charge in [0, 0.05) is 35.5 Å². The number of hydrogen-bond donors (Lipinski definition) is 3. The van der Waals surface area contributed by atoms with Crippen molar-refractivity contribution in [1.29, 1.82) is 0 Å². The summed E-state index contributed by atoms with van der Waals surface area (Å²) in [6.07, 6.45) is 1.83. The maximum atomic E-state index is 15.4. The van der Waals surface area contributed by atoms with Gasteiger partial charge in [0.15, 0.2) is 0 Å². The third-order valence-corrected chi connectivity index (χ3v) is 14.2. The standard InChI is InChI=1S/C29H45FN2O4Si/c1-18(2)37(19(3)4,20(5)6)36-27-15-25(30)24(13-21(27)7)26(33)14-23-16-29(34,11-12-31-23)22-9-10-28(35-8)32-17-22/h9-10,13,15,17-20,23,26,31,33-34H,11-12,14,16H2,1-8H3. The largest absolute Gasteiger partial charge is 0.542 e. The molecule has 1 saturated heterocycles. The van der Waals surface area contributed by atoms with Crippen LogP contribution in [-0.2, 0) is 5.60 Å². The number of methoxy groups -OCH3 is 1. The van der Waals surface area contributed by atoms with Crippen molar-refractivity contribution in [3.05, 3.63) is 53.0 Å². The van der Waals surface area contributed by atoms with Crippen LogP contribution in [0.3, 0.4) is 0 Å². The number of nitrogens with one attached hydrogen (secondary N) is 1. The lowest BCUT2D eigenvalue weighted by atomic mass is 9.80. The quantitative estimate of drug-likeness (QED) is 0.318. The smallest absolute Gasteiger partial charge is 0.258 e. The molecule has 0 saturated carbocycles. The first-order valence-corrected chi connectivity index (χ1v) is 15.6. The number of ether oxygens (including phenoxy) is 1. The van der Waals surface area contributed by atoms with Gasteiger partial charge in [-0.3, -0.25) is 0 Å². The molecule has 0 amide bonds. The lowest BCUT2D eigenvalue weighted by Gasteiger charge is -2.42. The molecule has 1 aromatic heterocycles. The Bertz CT molecular complexity index is 1030. The molecule has 3 unspecified atom stereocenters. The van der Waals surface area contributed by atoms with E-state index in [9.17, 15) is 10.2 Å². The van der Waals surface area contributed by atoms with Gasteiger partial charge in [0.05, 0.1) is 18.8 Å². The molecule has 1 fully saturated rings. The van der Waals surface area contributed by atoms with Crippen LogP contribution >= 0.6 is 0 Å². The highest BCUT2D eigenvalue weighted by Gasteiger charge is 2.47. The summed E-state index contributed by atoms with van der Waals surface area (Å²) in [6.45, 7) is 15.7. The SMILES string of the molecule is COc1ccc(C2(O)CCNC(CC(O)c3cc(C)c(O[Si](C(C)C)(C(C)C)C(C)C)cc3F)C2)cn1. The van der Waals surface area contributed by atoms with Crippen LogP contribution in [0, 0.1) is 12.7 Å². The fourth-order valence-electron chi connectivity index (χ4n) is 6.26. The van der Waals surface area contributed by atoms with Crippen molar-refractivity contribution < 1.29 is 23.8 Å². The summed E-state index contributed by atoms with van der Waals surface area (Å²) in [5.74, 6) is 0.604. The number of aryl methyl sites for hydroxylation is 1. The number of aliphatic hydroxyl groups excluding tert-OH is 1. The first kappa shape index (κ1) is 29.6. The van der Waals surface area contributed by atoms with E-state index in [4.69, 9.17) is 9.16 Å². The van der Waals surface area contributed by atoms with E-state index in [0.29, 0.717) is 53.2 Å². The topological polar surface area (TPSA) is 83.8 Å². The Morgan fingerprint density at radius 1 is 1.14 bits per heavy atom. The Morgan fingerprint density at radius 2 is 1.78 bits per heavy atom. The Labute approximate surface area is 222 Å². The first-order valence-electron chi connectivity index (χ1n) is 13.5. The van der Waals surface area contributed by atoms with Gasteiger partial charge in [-0.15, -0.1) is 0 Å². The lowest BCUT2D eigenvalue weighted by molar-refractivity contribution is -0.0167. The minimum absolute atomic E-state index is 0.186. The highest BCUT2D eigenvalue weighted by atomic mass is 28.4. The second-order valence-electron chi connectivity index (χ2n) is 11.5. The average molecular weight is 533 g/mol. The normalized spacial score (nSPS) is 21.5. The highest BCUT2D eigenvalue weighted by molar-refractivity contribution is 6.78. The molecule has 2 aromatic rings. The van der Waals surface area contributed by atoms with Gasteiger partial charge < -0.3 is 24.7 Å². The van der Waals surface area contributed by atoms with E-state index in [1.807, 2.05) is 13.0 Å². The van der Waals surface area contributed by atoms with E-state index in [1.165, 1.54) is 6.07 Å². The zero-order chi connectivity index (χ0) is 27.5. The highest BCUT2D eigenvalue weighted by Crippen LogP contribution is 2.44. The summed E-state index contributed by atoms with van der Waals surface area (Å²) in [5.41, 5.74) is 1.85. The molecule has 3 rings (SSSR count). The summed E-state index contributed by atoms with van der Waals surface area (Å²) < 4.78 is 27.2. The van der Waals surface area contributed by atoms with Crippen LogP contribution in [0.1, 0.15) is 83.6 Å². The second kappa shape index (κ2) is 11.8. The Hall–Kier alpha value is -2.00. The minimum Gasteiger partial charge on any atom is -0.542 e. The first-order chi connectivity index (χ1) is 17.3. The van der Waals surface area contributed by atoms with E-state index >= 15 is 4.39 Å². The van der Waals surface area contributed by atoms with Crippen molar-refractivity contribution in [3.63, 3.8) is 0 Å². The number of halogens is 1. The molecule has 1 aliphatic rings. The predicted molar refractivity (Wildman–Crippen MR) is 148 cm³/mol. The molecule has 206 valence electrons. The van der Waals surface area contributed by atoms with Gasteiger partial charge in [-0.25, -0.2) is 9.37 Å². The fraction of sp³-hybridized carbons (Fsp3) is 0.621. The van der Waals surface area contributed by atoms with Crippen molar-refractivity contribution in [2.24, 2.45) is 0 Å². The molecule has 8 heteroatoms. The van der Waals surface area contributed by atoms with Gasteiger partial charge in [-0.2, -0.15) is 0 Å². The van der Waals surface area contributed by atoms with E-state index < -0.39 is 25.8 Å². The maximum absolute atomic E-state index is 15.4. The van der Waals surface area contributed by atoms with Gasteiger partial charge in [0.1, 0.15) is 11.6 Å². The Morgan fingerprint density at radius 3 is 2.32 bits per heavy atom. The van der Waals surface area contributed by atoms with E-state index in [-0.39, 0.29) is 18.0 Å². The molecule has 3 atom stereocenters.